The molecule has 2 saturated carbocycles. The van der Waals surface area contributed by atoms with Crippen LogP contribution in [0.25, 0.3) is 0 Å². The first-order chi connectivity index (χ1) is 5.74. The Morgan fingerprint density at radius 2 is 2.33 bits per heavy atom. The smallest absolute Gasteiger partial charge is 0.213 e. The lowest BCUT2D eigenvalue weighted by molar-refractivity contribution is -0.128. The molecule has 2 heteroatoms. The zero-order valence-electron chi connectivity index (χ0n) is 7.30. The third kappa shape index (κ3) is 0.706. The molecule has 2 nitrogen and oxygen atoms in total. The summed E-state index contributed by atoms with van der Waals surface area (Å²) in [6.07, 6.45) is 5.67. The number of rotatable bonds is 2. The summed E-state index contributed by atoms with van der Waals surface area (Å²) in [5, 5.41) is 0. The Balaban J connectivity index is 2.36. The molecule has 65 valence electrons. The zero-order valence-corrected chi connectivity index (χ0v) is 7.30. The van der Waals surface area contributed by atoms with Crippen molar-refractivity contribution in [2.45, 2.75) is 32.6 Å². The summed E-state index contributed by atoms with van der Waals surface area (Å²) < 4.78 is 0. The van der Waals surface area contributed by atoms with Crippen LogP contribution >= 0.6 is 0 Å². The van der Waals surface area contributed by atoms with E-state index in [4.69, 9.17) is 0 Å². The van der Waals surface area contributed by atoms with Gasteiger partial charge in [0.2, 0.25) is 6.29 Å². The molecule has 2 aliphatic rings. The molecule has 0 aliphatic heterocycles. The van der Waals surface area contributed by atoms with Gasteiger partial charge in [0.1, 0.15) is 5.78 Å². The molecule has 0 aromatic carbocycles. The molecule has 2 bridgehead atoms. The van der Waals surface area contributed by atoms with Gasteiger partial charge in [0, 0.05) is 5.92 Å². The molecule has 0 amide bonds. The molecule has 0 N–H and O–H groups in total. The third-order valence-corrected chi connectivity index (χ3v) is 3.68. The van der Waals surface area contributed by atoms with Crippen LogP contribution in [0.4, 0.5) is 0 Å². The van der Waals surface area contributed by atoms with Crippen molar-refractivity contribution in [1.29, 1.82) is 0 Å². The lowest BCUT2D eigenvalue weighted by atomic mass is 9.71. The highest BCUT2D eigenvalue weighted by Gasteiger charge is 2.57. The van der Waals surface area contributed by atoms with Gasteiger partial charge in [0.05, 0.1) is 5.41 Å². The summed E-state index contributed by atoms with van der Waals surface area (Å²) in [5.41, 5.74) is -0.692. The molecule has 0 aromatic rings. The third-order valence-electron chi connectivity index (χ3n) is 3.68. The van der Waals surface area contributed by atoms with E-state index in [1.807, 2.05) is 13.2 Å². The van der Waals surface area contributed by atoms with E-state index in [-0.39, 0.29) is 11.7 Å². The minimum Gasteiger partial charge on any atom is -0.298 e. The Labute approximate surface area is 72.3 Å². The van der Waals surface area contributed by atoms with Gasteiger partial charge in [-0.15, -0.1) is 0 Å². The molecule has 2 fully saturated rings. The predicted octanol–water partition coefficient (Wildman–Crippen LogP) is 1.49. The highest BCUT2D eigenvalue weighted by atomic mass is 16.1. The maximum atomic E-state index is 11.7. The van der Waals surface area contributed by atoms with Crippen molar-refractivity contribution in [3.8, 4) is 0 Å². The summed E-state index contributed by atoms with van der Waals surface area (Å²) in [4.78, 5) is 22.5. The molecular weight excluding hydrogens is 152 g/mol. The summed E-state index contributed by atoms with van der Waals surface area (Å²) >= 11 is 0. The van der Waals surface area contributed by atoms with E-state index in [2.05, 4.69) is 0 Å². The standard InChI is InChI=1S/C10H13O2/c1-2-10(6-11)8-4-3-7(5-8)9(10)12/h7-8H,2-5H2,1H3. The van der Waals surface area contributed by atoms with Crippen molar-refractivity contribution >= 4 is 12.1 Å². The molecular formula is C10H13O2. The van der Waals surface area contributed by atoms with Gasteiger partial charge in [-0.2, -0.15) is 0 Å². The SMILES string of the molecule is CCC1([C]=O)C(=O)C2CCC1C2. The van der Waals surface area contributed by atoms with Crippen LogP contribution in [0.1, 0.15) is 32.6 Å². The average Bonchev–Trinajstić information content (AvgIpc) is 2.64. The van der Waals surface area contributed by atoms with E-state index in [1.54, 1.807) is 0 Å². The van der Waals surface area contributed by atoms with Gasteiger partial charge in [-0.3, -0.25) is 9.59 Å². The van der Waals surface area contributed by atoms with E-state index in [0.29, 0.717) is 12.3 Å². The molecule has 0 aromatic heterocycles. The van der Waals surface area contributed by atoms with Gasteiger partial charge in [-0.05, 0) is 31.6 Å². The minimum absolute atomic E-state index is 0.177. The van der Waals surface area contributed by atoms with E-state index in [0.717, 1.165) is 19.3 Å². The predicted molar refractivity (Wildman–Crippen MR) is 44.3 cm³/mol. The molecule has 2 rings (SSSR count). The van der Waals surface area contributed by atoms with E-state index < -0.39 is 5.41 Å². The second kappa shape index (κ2) is 2.41. The Kier molecular flexibility index (Phi) is 1.60. The Bertz CT molecular complexity index is 234. The first kappa shape index (κ1) is 7.96. The second-order valence-electron chi connectivity index (χ2n) is 4.00. The van der Waals surface area contributed by atoms with E-state index in [9.17, 15) is 9.59 Å². The molecule has 0 saturated heterocycles. The lowest BCUT2D eigenvalue weighted by Crippen LogP contribution is -2.37. The molecule has 1 radical (unpaired) electrons. The van der Waals surface area contributed by atoms with Crippen LogP contribution in [-0.4, -0.2) is 12.1 Å². The largest absolute Gasteiger partial charge is 0.298 e. The minimum atomic E-state index is -0.692. The Morgan fingerprint density at radius 3 is 2.67 bits per heavy atom. The van der Waals surface area contributed by atoms with Gasteiger partial charge in [0.15, 0.2) is 0 Å². The fourth-order valence-corrected chi connectivity index (χ4v) is 2.90. The summed E-state index contributed by atoms with van der Waals surface area (Å²) in [6, 6.07) is 0. The van der Waals surface area contributed by atoms with E-state index in [1.165, 1.54) is 0 Å². The van der Waals surface area contributed by atoms with Gasteiger partial charge in [-0.1, -0.05) is 6.92 Å². The van der Waals surface area contributed by atoms with Gasteiger partial charge < -0.3 is 0 Å². The summed E-state index contributed by atoms with van der Waals surface area (Å²) in [7, 11) is 0. The second-order valence-corrected chi connectivity index (χ2v) is 4.00. The van der Waals surface area contributed by atoms with Crippen molar-refractivity contribution in [2.75, 3.05) is 0 Å². The molecule has 0 heterocycles. The van der Waals surface area contributed by atoms with Crippen LogP contribution < -0.4 is 0 Å². The van der Waals surface area contributed by atoms with Gasteiger partial charge >= 0.3 is 0 Å². The number of ketones is 1. The van der Waals surface area contributed by atoms with Crippen molar-refractivity contribution in [3.63, 3.8) is 0 Å². The van der Waals surface area contributed by atoms with Crippen LogP contribution in [0.2, 0.25) is 0 Å². The number of fused-ring (bicyclic) bond motifs is 2. The number of hydrogen-bond donors (Lipinski definition) is 0. The topological polar surface area (TPSA) is 34.1 Å². The van der Waals surface area contributed by atoms with Crippen molar-refractivity contribution in [3.05, 3.63) is 0 Å². The monoisotopic (exact) mass is 165 g/mol. The van der Waals surface area contributed by atoms with Crippen LogP contribution in [0.15, 0.2) is 0 Å². The fraction of sp³-hybridized carbons (Fsp3) is 0.800. The Morgan fingerprint density at radius 1 is 1.58 bits per heavy atom. The van der Waals surface area contributed by atoms with E-state index >= 15 is 0 Å². The Hall–Kier alpha value is -0.660. The average molecular weight is 165 g/mol. The van der Waals surface area contributed by atoms with Crippen LogP contribution in [0.5, 0.6) is 0 Å². The van der Waals surface area contributed by atoms with Crippen molar-refractivity contribution in [1.82, 2.24) is 0 Å². The first-order valence-corrected chi connectivity index (χ1v) is 4.68. The van der Waals surface area contributed by atoms with Crippen molar-refractivity contribution < 1.29 is 9.59 Å². The zero-order chi connectivity index (χ0) is 8.77. The summed E-state index contributed by atoms with van der Waals surface area (Å²) in [5.74, 6) is 0.685. The lowest BCUT2D eigenvalue weighted by Gasteiger charge is -2.28. The molecule has 12 heavy (non-hydrogen) atoms. The summed E-state index contributed by atoms with van der Waals surface area (Å²) in [6.45, 7) is 1.92. The van der Waals surface area contributed by atoms with Crippen LogP contribution in [0.3, 0.4) is 0 Å². The van der Waals surface area contributed by atoms with Gasteiger partial charge in [0.25, 0.3) is 0 Å². The molecule has 3 atom stereocenters. The first-order valence-electron chi connectivity index (χ1n) is 4.68. The maximum absolute atomic E-state index is 11.7. The highest BCUT2D eigenvalue weighted by Crippen LogP contribution is 2.53. The molecule has 3 unspecified atom stereocenters. The quantitative estimate of drug-likeness (QED) is 0.581. The highest BCUT2D eigenvalue weighted by molar-refractivity contribution is 6.02. The molecule has 2 aliphatic carbocycles. The van der Waals surface area contributed by atoms with Crippen LogP contribution in [0, 0.1) is 17.3 Å². The van der Waals surface area contributed by atoms with Crippen molar-refractivity contribution in [2.24, 2.45) is 17.3 Å². The number of Topliss-reactive ketones (excluding diaryl/α,β-unsaturated/α-hetero) is 1. The van der Waals surface area contributed by atoms with Gasteiger partial charge in [-0.25, -0.2) is 0 Å². The normalized spacial score (nSPS) is 45.2. The number of carbonyl (C=O) groups excluding carboxylic acids is 2. The number of carbonyl (C=O) groups is 1. The molecule has 0 spiro atoms. The van der Waals surface area contributed by atoms with Crippen LogP contribution in [-0.2, 0) is 9.59 Å². The number of hydrogen-bond acceptors (Lipinski definition) is 2. The fourth-order valence-electron chi connectivity index (χ4n) is 2.90. The maximum Gasteiger partial charge on any atom is 0.213 e.